The molecule has 0 amide bonds. The molecule has 0 aliphatic heterocycles. The van der Waals surface area contributed by atoms with E-state index in [9.17, 15) is 4.39 Å². The highest BCUT2D eigenvalue weighted by Crippen LogP contribution is 2.24. The molecular weight excluding hydrogens is 271 g/mol. The van der Waals surface area contributed by atoms with Gasteiger partial charge in [0.1, 0.15) is 5.82 Å². The minimum Gasteiger partial charge on any atom is -0.395 e. The van der Waals surface area contributed by atoms with E-state index in [0.717, 1.165) is 4.90 Å². The molecule has 0 saturated heterocycles. The van der Waals surface area contributed by atoms with Crippen LogP contribution in [0.25, 0.3) is 0 Å². The largest absolute Gasteiger partial charge is 0.395 e. The van der Waals surface area contributed by atoms with E-state index < -0.39 is 0 Å². The maximum absolute atomic E-state index is 13.9. The van der Waals surface area contributed by atoms with Gasteiger partial charge in [0.2, 0.25) is 0 Å². The number of rotatable bonds is 4. The van der Waals surface area contributed by atoms with Gasteiger partial charge in [-0.1, -0.05) is 36.1 Å². The summed E-state index contributed by atoms with van der Waals surface area (Å²) in [5.41, 5.74) is 1.32. The molecule has 0 bridgehead atoms. The Labute approximate surface area is 122 Å². The summed E-state index contributed by atoms with van der Waals surface area (Å²) in [6, 6.07) is 15.0. The molecule has 0 aliphatic rings. The van der Waals surface area contributed by atoms with E-state index in [0.29, 0.717) is 23.3 Å². The molecule has 0 fully saturated rings. The summed E-state index contributed by atoms with van der Waals surface area (Å²) in [4.78, 5) is 1.12. The average Bonchev–Trinajstić information content (AvgIpc) is 2.48. The maximum Gasteiger partial charge on any atom is 0.128 e. The van der Waals surface area contributed by atoms with Crippen LogP contribution in [0, 0.1) is 17.7 Å². The monoisotopic (exact) mass is 286 g/mol. The van der Waals surface area contributed by atoms with Crippen LogP contribution in [0.1, 0.15) is 17.5 Å². The van der Waals surface area contributed by atoms with Crippen LogP contribution in [0.3, 0.4) is 0 Å². The van der Waals surface area contributed by atoms with Crippen LogP contribution in [-0.4, -0.2) is 11.7 Å². The Morgan fingerprint density at radius 2 is 1.90 bits per heavy atom. The molecule has 0 radical (unpaired) electrons. The summed E-state index contributed by atoms with van der Waals surface area (Å²) in [6.07, 6.45) is 0.410. The van der Waals surface area contributed by atoms with Crippen LogP contribution >= 0.6 is 11.8 Å². The van der Waals surface area contributed by atoms with E-state index in [1.165, 1.54) is 6.07 Å². The first-order valence-corrected chi connectivity index (χ1v) is 7.34. The molecule has 1 N–H and O–H groups in total. The predicted molar refractivity (Wildman–Crippen MR) is 81.0 cm³/mol. The van der Waals surface area contributed by atoms with Gasteiger partial charge in [-0.05, 0) is 29.8 Å². The Balaban J connectivity index is 2.01. The Kier molecular flexibility index (Phi) is 5.67. The summed E-state index contributed by atoms with van der Waals surface area (Å²) in [6.45, 7) is 0.0290. The van der Waals surface area contributed by atoms with Gasteiger partial charge in [-0.25, -0.2) is 4.39 Å². The molecule has 1 nitrogen and oxygen atoms in total. The number of thioether (sulfide) groups is 1. The number of aliphatic hydroxyl groups is 1. The van der Waals surface area contributed by atoms with Gasteiger partial charge in [-0.15, -0.1) is 11.8 Å². The predicted octanol–water partition coefficient (Wildman–Crippen LogP) is 3.85. The normalized spacial score (nSPS) is 9.90. The third kappa shape index (κ3) is 4.41. The molecule has 0 unspecified atom stereocenters. The van der Waals surface area contributed by atoms with Gasteiger partial charge < -0.3 is 5.11 Å². The second-order valence-corrected chi connectivity index (χ2v) is 5.23. The molecular formula is C17H15FOS. The zero-order chi connectivity index (χ0) is 14.2. The fraction of sp³-hybridized carbons (Fsp3) is 0.176. The van der Waals surface area contributed by atoms with Crippen LogP contribution in [0.15, 0.2) is 53.4 Å². The first-order valence-electron chi connectivity index (χ1n) is 6.35. The maximum atomic E-state index is 13.9. The van der Waals surface area contributed by atoms with E-state index in [4.69, 9.17) is 5.11 Å². The second-order valence-electron chi connectivity index (χ2n) is 4.18. The SMILES string of the molecule is OCCC#Cc1ccc(CSc2ccccc2)c(F)c1. The van der Waals surface area contributed by atoms with Crippen molar-refractivity contribution in [3.8, 4) is 11.8 Å². The Morgan fingerprint density at radius 1 is 1.10 bits per heavy atom. The molecule has 0 heterocycles. The van der Waals surface area contributed by atoms with Crippen molar-refractivity contribution in [2.24, 2.45) is 0 Å². The van der Waals surface area contributed by atoms with Gasteiger partial charge in [-0.2, -0.15) is 0 Å². The van der Waals surface area contributed by atoms with Crippen LogP contribution in [-0.2, 0) is 5.75 Å². The molecule has 0 atom stereocenters. The Bertz CT molecular complexity index is 614. The third-order valence-electron chi connectivity index (χ3n) is 2.66. The number of benzene rings is 2. The van der Waals surface area contributed by atoms with Crippen molar-refractivity contribution in [2.45, 2.75) is 17.1 Å². The fourth-order valence-corrected chi connectivity index (χ4v) is 2.55. The van der Waals surface area contributed by atoms with Gasteiger partial charge in [0.15, 0.2) is 0 Å². The molecule has 3 heteroatoms. The lowest BCUT2D eigenvalue weighted by Gasteiger charge is -2.04. The third-order valence-corrected chi connectivity index (χ3v) is 3.72. The van der Waals surface area contributed by atoms with E-state index in [2.05, 4.69) is 11.8 Å². The lowest BCUT2D eigenvalue weighted by atomic mass is 10.1. The van der Waals surface area contributed by atoms with Gasteiger partial charge in [0.25, 0.3) is 0 Å². The van der Waals surface area contributed by atoms with E-state index in [-0.39, 0.29) is 12.4 Å². The number of hydrogen-bond acceptors (Lipinski definition) is 2. The van der Waals surface area contributed by atoms with E-state index in [1.807, 2.05) is 36.4 Å². The van der Waals surface area contributed by atoms with Crippen molar-refractivity contribution in [2.75, 3.05) is 6.61 Å². The topological polar surface area (TPSA) is 20.2 Å². The van der Waals surface area contributed by atoms with E-state index in [1.54, 1.807) is 17.8 Å². The Hall–Kier alpha value is -1.76. The molecule has 2 rings (SSSR count). The van der Waals surface area contributed by atoms with Crippen molar-refractivity contribution < 1.29 is 9.50 Å². The van der Waals surface area contributed by atoms with Crippen LogP contribution in [0.5, 0.6) is 0 Å². The molecule has 0 aromatic heterocycles. The minimum absolute atomic E-state index is 0.0290. The highest BCUT2D eigenvalue weighted by atomic mass is 32.2. The summed E-state index contributed by atoms with van der Waals surface area (Å²) in [7, 11) is 0. The molecule has 0 saturated carbocycles. The molecule has 0 spiro atoms. The molecule has 20 heavy (non-hydrogen) atoms. The standard InChI is InChI=1S/C17H15FOS/c18-17-12-14(6-4-5-11-19)9-10-15(17)13-20-16-7-2-1-3-8-16/h1-3,7-10,12,19H,5,11,13H2. The summed E-state index contributed by atoms with van der Waals surface area (Å²) in [5.74, 6) is 5.98. The fourth-order valence-electron chi connectivity index (χ4n) is 1.64. The van der Waals surface area contributed by atoms with Gasteiger partial charge >= 0.3 is 0 Å². The van der Waals surface area contributed by atoms with Gasteiger partial charge in [0, 0.05) is 22.6 Å². The first kappa shape index (κ1) is 14.6. The number of hydrogen-bond donors (Lipinski definition) is 1. The minimum atomic E-state index is -0.232. The smallest absolute Gasteiger partial charge is 0.128 e. The second kappa shape index (κ2) is 7.74. The molecule has 2 aromatic carbocycles. The van der Waals surface area contributed by atoms with Crippen molar-refractivity contribution in [3.63, 3.8) is 0 Å². The zero-order valence-electron chi connectivity index (χ0n) is 11.0. The summed E-state index contributed by atoms with van der Waals surface area (Å²) < 4.78 is 13.9. The van der Waals surface area contributed by atoms with Crippen molar-refractivity contribution in [1.82, 2.24) is 0 Å². The average molecular weight is 286 g/mol. The molecule has 102 valence electrons. The van der Waals surface area contributed by atoms with Gasteiger partial charge in [0.05, 0.1) is 6.61 Å². The lowest BCUT2D eigenvalue weighted by molar-refractivity contribution is 0.305. The zero-order valence-corrected chi connectivity index (χ0v) is 11.8. The van der Waals surface area contributed by atoms with Crippen LogP contribution in [0.2, 0.25) is 0 Å². The van der Waals surface area contributed by atoms with Crippen LogP contribution in [0.4, 0.5) is 4.39 Å². The molecule has 0 aliphatic carbocycles. The van der Waals surface area contributed by atoms with Crippen LogP contribution < -0.4 is 0 Å². The quantitative estimate of drug-likeness (QED) is 0.680. The van der Waals surface area contributed by atoms with Crippen molar-refractivity contribution >= 4 is 11.8 Å². The molecule has 2 aromatic rings. The van der Waals surface area contributed by atoms with Gasteiger partial charge in [-0.3, -0.25) is 0 Å². The van der Waals surface area contributed by atoms with E-state index >= 15 is 0 Å². The first-order chi connectivity index (χ1) is 9.79. The summed E-state index contributed by atoms with van der Waals surface area (Å²) in [5, 5.41) is 8.64. The van der Waals surface area contributed by atoms with Crippen molar-refractivity contribution in [1.29, 1.82) is 0 Å². The number of halogens is 1. The van der Waals surface area contributed by atoms with Crippen molar-refractivity contribution in [3.05, 3.63) is 65.5 Å². The highest BCUT2D eigenvalue weighted by molar-refractivity contribution is 7.98. The lowest BCUT2D eigenvalue weighted by Crippen LogP contribution is -1.89. The highest BCUT2D eigenvalue weighted by Gasteiger charge is 2.03. The Morgan fingerprint density at radius 3 is 2.60 bits per heavy atom. The summed E-state index contributed by atoms with van der Waals surface area (Å²) >= 11 is 1.61. The number of aliphatic hydroxyl groups excluding tert-OH is 1.